The highest BCUT2D eigenvalue weighted by Crippen LogP contribution is 2.38. The normalized spacial score (nSPS) is 18.7. The molecule has 4 nitrogen and oxygen atoms in total. The maximum Gasteiger partial charge on any atom is 0.138 e. The van der Waals surface area contributed by atoms with Crippen LogP contribution in [0.15, 0.2) is 35.4 Å². The van der Waals surface area contributed by atoms with Gasteiger partial charge in [0, 0.05) is 17.9 Å². The standard InChI is InChI=1S/C29H44O4/c1-20(13-10-14-22(3)26(30)19-27-29(5,6)33-27)11-9-12-21(2)15-16-24-18-25(31-7)17-23(4)28(24)32-8/h11,15,17-18,22,27H,9-10,12-14,16,19H2,1-8H3. The molecule has 4 heteroatoms. The van der Waals surface area contributed by atoms with Crippen molar-refractivity contribution in [3.05, 3.63) is 46.6 Å². The van der Waals surface area contributed by atoms with E-state index in [0.29, 0.717) is 12.2 Å². The molecule has 0 amide bonds. The zero-order valence-corrected chi connectivity index (χ0v) is 22.0. The first-order valence-electron chi connectivity index (χ1n) is 12.3. The summed E-state index contributed by atoms with van der Waals surface area (Å²) in [6.45, 7) is 12.6. The van der Waals surface area contributed by atoms with Crippen LogP contribution in [-0.4, -0.2) is 31.7 Å². The number of aryl methyl sites for hydroxylation is 1. The lowest BCUT2D eigenvalue weighted by Gasteiger charge is -2.13. The van der Waals surface area contributed by atoms with Crippen molar-refractivity contribution in [3.8, 4) is 11.5 Å². The number of hydrogen-bond acceptors (Lipinski definition) is 4. The largest absolute Gasteiger partial charge is 0.497 e. The SMILES string of the molecule is COc1cc(C)c(OC)c(CC=C(C)CCC=C(C)CCCC(C)C(=O)CC2OC2(C)C)c1. The average Bonchev–Trinajstić information content (AvgIpc) is 3.36. The molecule has 1 saturated heterocycles. The Bertz CT molecular complexity index is 863. The molecule has 0 bridgehead atoms. The number of ketones is 1. The summed E-state index contributed by atoms with van der Waals surface area (Å²) >= 11 is 0. The minimum absolute atomic E-state index is 0.0970. The summed E-state index contributed by atoms with van der Waals surface area (Å²) in [5, 5.41) is 0. The molecule has 1 aliphatic heterocycles. The molecule has 2 atom stereocenters. The van der Waals surface area contributed by atoms with Gasteiger partial charge in [0.1, 0.15) is 17.3 Å². The molecule has 0 aromatic heterocycles. The van der Waals surface area contributed by atoms with Crippen LogP contribution in [0, 0.1) is 12.8 Å². The van der Waals surface area contributed by atoms with Crippen LogP contribution in [0.1, 0.15) is 84.3 Å². The fourth-order valence-corrected chi connectivity index (χ4v) is 4.26. The van der Waals surface area contributed by atoms with Crippen LogP contribution in [-0.2, 0) is 16.0 Å². The zero-order valence-electron chi connectivity index (χ0n) is 22.0. The molecule has 184 valence electrons. The number of benzene rings is 1. The molecule has 1 aromatic carbocycles. The molecule has 0 spiro atoms. The summed E-state index contributed by atoms with van der Waals surface area (Å²) in [4.78, 5) is 12.3. The van der Waals surface area contributed by atoms with Crippen LogP contribution < -0.4 is 9.47 Å². The molecule has 0 aliphatic carbocycles. The van der Waals surface area contributed by atoms with Crippen LogP contribution >= 0.6 is 0 Å². The van der Waals surface area contributed by atoms with Crippen molar-refractivity contribution in [2.45, 2.75) is 98.2 Å². The quantitative estimate of drug-likeness (QED) is 0.220. The van der Waals surface area contributed by atoms with E-state index in [1.54, 1.807) is 14.2 Å². The van der Waals surface area contributed by atoms with Crippen LogP contribution in [0.2, 0.25) is 0 Å². The Kier molecular flexibility index (Phi) is 10.2. The third-order valence-electron chi connectivity index (χ3n) is 6.78. The summed E-state index contributed by atoms with van der Waals surface area (Å²) in [5.41, 5.74) is 4.95. The van der Waals surface area contributed by atoms with Crippen molar-refractivity contribution >= 4 is 5.78 Å². The van der Waals surface area contributed by atoms with Crippen molar-refractivity contribution in [2.75, 3.05) is 14.2 Å². The Hall–Kier alpha value is -2.07. The van der Waals surface area contributed by atoms with E-state index < -0.39 is 0 Å². The van der Waals surface area contributed by atoms with Crippen LogP contribution in [0.3, 0.4) is 0 Å². The van der Waals surface area contributed by atoms with Crippen molar-refractivity contribution in [1.29, 1.82) is 0 Å². The molecule has 2 unspecified atom stereocenters. The molecule has 1 aliphatic rings. The van der Waals surface area contributed by atoms with Gasteiger partial charge in [0.2, 0.25) is 0 Å². The number of allylic oxidation sites excluding steroid dienone is 4. The average molecular weight is 457 g/mol. The Labute approximate surface area is 201 Å². The van der Waals surface area contributed by atoms with E-state index in [4.69, 9.17) is 14.2 Å². The monoisotopic (exact) mass is 456 g/mol. The van der Waals surface area contributed by atoms with Crippen LogP contribution in [0.5, 0.6) is 11.5 Å². The maximum atomic E-state index is 12.3. The lowest BCUT2D eigenvalue weighted by molar-refractivity contribution is -0.122. The highest BCUT2D eigenvalue weighted by molar-refractivity contribution is 5.81. The Morgan fingerprint density at radius 1 is 1.12 bits per heavy atom. The predicted molar refractivity (Wildman–Crippen MR) is 136 cm³/mol. The number of epoxide rings is 1. The van der Waals surface area contributed by atoms with Crippen molar-refractivity contribution in [1.82, 2.24) is 0 Å². The molecule has 2 rings (SSSR count). The molecule has 1 heterocycles. The second-order valence-electron chi connectivity index (χ2n) is 10.2. The number of ether oxygens (including phenoxy) is 3. The Morgan fingerprint density at radius 3 is 2.39 bits per heavy atom. The van der Waals surface area contributed by atoms with Gasteiger partial charge in [-0.15, -0.1) is 0 Å². The van der Waals surface area contributed by atoms with Crippen molar-refractivity contribution in [2.24, 2.45) is 5.92 Å². The van der Waals surface area contributed by atoms with Crippen LogP contribution in [0.4, 0.5) is 0 Å². The number of Topliss-reactive ketones (excluding diaryl/α,β-unsaturated/α-hetero) is 1. The lowest BCUT2D eigenvalue weighted by Crippen LogP contribution is -2.16. The van der Waals surface area contributed by atoms with Gasteiger partial charge in [0.15, 0.2) is 0 Å². The van der Waals surface area contributed by atoms with E-state index in [0.717, 1.165) is 61.2 Å². The zero-order chi connectivity index (χ0) is 24.6. The molecular weight excluding hydrogens is 412 g/mol. The topological polar surface area (TPSA) is 48.1 Å². The highest BCUT2D eigenvalue weighted by Gasteiger charge is 2.48. The minimum atomic E-state index is -0.0970. The predicted octanol–water partition coefficient (Wildman–Crippen LogP) is 7.17. The van der Waals surface area contributed by atoms with Gasteiger partial charge in [0.25, 0.3) is 0 Å². The third kappa shape index (κ3) is 8.66. The summed E-state index contributed by atoms with van der Waals surface area (Å²) in [6, 6.07) is 4.06. The van der Waals surface area contributed by atoms with Gasteiger partial charge in [-0.1, -0.05) is 30.2 Å². The maximum absolute atomic E-state index is 12.3. The number of rotatable bonds is 14. The molecule has 33 heavy (non-hydrogen) atoms. The third-order valence-corrected chi connectivity index (χ3v) is 6.78. The van der Waals surface area contributed by atoms with Gasteiger partial charge in [0.05, 0.1) is 25.9 Å². The summed E-state index contributed by atoms with van der Waals surface area (Å²) in [6.07, 6.45) is 11.3. The fourth-order valence-electron chi connectivity index (χ4n) is 4.26. The van der Waals surface area contributed by atoms with Gasteiger partial charge in [-0.25, -0.2) is 0 Å². The first kappa shape index (κ1) is 27.2. The molecular formula is C29H44O4. The van der Waals surface area contributed by atoms with Gasteiger partial charge >= 0.3 is 0 Å². The number of hydrogen-bond donors (Lipinski definition) is 0. The smallest absolute Gasteiger partial charge is 0.138 e. The Balaban J connectivity index is 1.72. The van der Waals surface area contributed by atoms with E-state index >= 15 is 0 Å². The lowest BCUT2D eigenvalue weighted by atomic mass is 9.93. The number of carbonyl (C=O) groups is 1. The van der Waals surface area contributed by atoms with E-state index in [1.165, 1.54) is 11.1 Å². The molecule has 1 fully saturated rings. The van der Waals surface area contributed by atoms with E-state index in [-0.39, 0.29) is 17.6 Å². The second-order valence-corrected chi connectivity index (χ2v) is 10.2. The van der Waals surface area contributed by atoms with E-state index in [2.05, 4.69) is 52.8 Å². The molecule has 1 aromatic rings. The molecule has 0 saturated carbocycles. The second kappa shape index (κ2) is 12.4. The Morgan fingerprint density at radius 2 is 1.79 bits per heavy atom. The van der Waals surface area contributed by atoms with Crippen molar-refractivity contribution in [3.63, 3.8) is 0 Å². The minimum Gasteiger partial charge on any atom is -0.497 e. The molecule has 0 N–H and O–H groups in total. The summed E-state index contributed by atoms with van der Waals surface area (Å²) in [7, 11) is 3.42. The summed E-state index contributed by atoms with van der Waals surface area (Å²) < 4.78 is 16.6. The first-order valence-corrected chi connectivity index (χ1v) is 12.3. The van der Waals surface area contributed by atoms with Gasteiger partial charge in [-0.05, 0) is 90.8 Å². The summed E-state index contributed by atoms with van der Waals surface area (Å²) in [5.74, 6) is 2.28. The van der Waals surface area contributed by atoms with E-state index in [1.807, 2.05) is 13.0 Å². The van der Waals surface area contributed by atoms with Gasteiger partial charge < -0.3 is 14.2 Å². The van der Waals surface area contributed by atoms with Gasteiger partial charge in [-0.2, -0.15) is 0 Å². The van der Waals surface area contributed by atoms with Crippen molar-refractivity contribution < 1.29 is 19.0 Å². The van der Waals surface area contributed by atoms with Gasteiger partial charge in [-0.3, -0.25) is 4.79 Å². The first-order chi connectivity index (χ1) is 15.6. The van der Waals surface area contributed by atoms with Crippen LogP contribution in [0.25, 0.3) is 0 Å². The number of carbonyl (C=O) groups excluding carboxylic acids is 1. The molecule has 0 radical (unpaired) electrons. The fraction of sp³-hybridized carbons (Fsp3) is 0.621. The highest BCUT2D eigenvalue weighted by atomic mass is 16.6. The number of methoxy groups -OCH3 is 2. The van der Waals surface area contributed by atoms with E-state index in [9.17, 15) is 4.79 Å².